The van der Waals surface area contributed by atoms with Gasteiger partial charge in [0.25, 0.3) is 11.9 Å². The number of nitrogens with zero attached hydrogens (tertiary/aromatic N) is 3. The van der Waals surface area contributed by atoms with Gasteiger partial charge in [-0.3, -0.25) is 9.69 Å². The molecular weight excluding hydrogens is 566 g/mol. The minimum Gasteiger partial charge on any atom is -0.479 e. The number of benzene rings is 1. The van der Waals surface area contributed by atoms with E-state index >= 15 is 0 Å². The molecular formula is C29H36ClN5O7. The van der Waals surface area contributed by atoms with Crippen LogP contribution in [0, 0.1) is 0 Å². The average Bonchev–Trinajstić information content (AvgIpc) is 3.45. The van der Waals surface area contributed by atoms with E-state index in [0.29, 0.717) is 17.4 Å². The molecule has 0 saturated carbocycles. The van der Waals surface area contributed by atoms with Crippen LogP contribution in [0.1, 0.15) is 42.8 Å². The van der Waals surface area contributed by atoms with Crippen LogP contribution in [-0.4, -0.2) is 81.0 Å². The van der Waals surface area contributed by atoms with Crippen LogP contribution in [0.3, 0.4) is 0 Å². The molecule has 2 N–H and O–H groups in total. The number of fused-ring (bicyclic) bond motifs is 1. The van der Waals surface area contributed by atoms with E-state index in [4.69, 9.17) is 39.7 Å². The summed E-state index contributed by atoms with van der Waals surface area (Å²) in [5.41, 5.74) is 2.19. The van der Waals surface area contributed by atoms with Gasteiger partial charge in [-0.05, 0) is 42.0 Å². The summed E-state index contributed by atoms with van der Waals surface area (Å²) in [5.74, 6) is 0.175. The van der Waals surface area contributed by atoms with Gasteiger partial charge in [-0.15, -0.1) is 0 Å². The number of aromatic nitrogens is 2. The van der Waals surface area contributed by atoms with Gasteiger partial charge in [0.05, 0.1) is 39.1 Å². The summed E-state index contributed by atoms with van der Waals surface area (Å²) in [6.45, 7) is 9.67. The first-order valence-corrected chi connectivity index (χ1v) is 14.2. The van der Waals surface area contributed by atoms with Gasteiger partial charge < -0.3 is 38.7 Å². The topological polar surface area (TPSA) is 129 Å². The van der Waals surface area contributed by atoms with Gasteiger partial charge >= 0.3 is 6.01 Å². The number of hydrogen-bond donors (Lipinski definition) is 2. The highest BCUT2D eigenvalue weighted by Crippen LogP contribution is 2.43. The molecule has 0 spiro atoms. The van der Waals surface area contributed by atoms with Crippen LogP contribution in [0.2, 0.25) is 5.02 Å². The lowest BCUT2D eigenvalue weighted by Gasteiger charge is -2.33. The highest BCUT2D eigenvalue weighted by Gasteiger charge is 2.29. The fourth-order valence-corrected chi connectivity index (χ4v) is 5.10. The van der Waals surface area contributed by atoms with Crippen molar-refractivity contribution in [2.24, 2.45) is 0 Å². The largest absolute Gasteiger partial charge is 0.479 e. The third kappa shape index (κ3) is 6.83. The maximum absolute atomic E-state index is 13.2. The molecule has 0 atom stereocenters. The van der Waals surface area contributed by atoms with Crippen molar-refractivity contribution in [3.05, 3.63) is 40.6 Å². The zero-order chi connectivity index (χ0) is 29.7. The van der Waals surface area contributed by atoms with Crippen LogP contribution in [-0.2, 0) is 10.2 Å². The summed E-state index contributed by atoms with van der Waals surface area (Å²) in [4.78, 5) is 24.0. The Morgan fingerprint density at radius 2 is 1.93 bits per heavy atom. The molecule has 0 bridgehead atoms. The number of anilines is 2. The minimum absolute atomic E-state index is 0.00258. The van der Waals surface area contributed by atoms with Crippen molar-refractivity contribution in [2.45, 2.75) is 32.1 Å². The van der Waals surface area contributed by atoms with E-state index in [1.54, 1.807) is 6.07 Å². The van der Waals surface area contributed by atoms with E-state index in [2.05, 4.69) is 39.3 Å². The molecule has 2 aromatic heterocycles. The zero-order valence-corrected chi connectivity index (χ0v) is 25.0. The molecule has 13 heteroatoms. The van der Waals surface area contributed by atoms with Gasteiger partial charge in [0.1, 0.15) is 5.75 Å². The second kappa shape index (κ2) is 13.1. The number of methoxy groups -OCH3 is 2. The van der Waals surface area contributed by atoms with Crippen LogP contribution in [0.25, 0.3) is 0 Å². The highest BCUT2D eigenvalue weighted by atomic mass is 35.5. The maximum Gasteiger partial charge on any atom is 0.322 e. The zero-order valence-electron chi connectivity index (χ0n) is 24.3. The van der Waals surface area contributed by atoms with Crippen LogP contribution < -0.4 is 29.6 Å². The number of carbonyl (C=O) groups is 1. The fourth-order valence-electron chi connectivity index (χ4n) is 4.90. The van der Waals surface area contributed by atoms with Crippen molar-refractivity contribution in [1.82, 2.24) is 14.9 Å². The standard InChI is InChI=1S/C29H36ClN5O7/c1-29(2)8-9-31-20-17-19(30)22(16-18(20)29)42-23-7-6-21(41-23)25(36)32-24-26(37-3)33-28(38-4)34-27(24)40-13-5-10-35-11-14-39-15-12-35/h6-7,16-17,31H,5,8-15H2,1-4H3,(H,32,36). The van der Waals surface area contributed by atoms with Gasteiger partial charge in [0.2, 0.25) is 11.8 Å². The fraction of sp³-hybridized carbons (Fsp3) is 0.483. The first-order chi connectivity index (χ1) is 20.3. The van der Waals surface area contributed by atoms with E-state index in [1.807, 2.05) is 12.1 Å². The minimum atomic E-state index is -0.572. The van der Waals surface area contributed by atoms with Crippen molar-refractivity contribution in [3.63, 3.8) is 0 Å². The molecule has 0 radical (unpaired) electrons. The van der Waals surface area contributed by atoms with Crippen LogP contribution in [0.4, 0.5) is 11.4 Å². The molecule has 42 heavy (non-hydrogen) atoms. The second-order valence-corrected chi connectivity index (χ2v) is 11.0. The summed E-state index contributed by atoms with van der Waals surface area (Å²) in [5, 5.41) is 6.56. The van der Waals surface area contributed by atoms with Crippen LogP contribution in [0.5, 0.6) is 29.5 Å². The third-order valence-electron chi connectivity index (χ3n) is 7.28. The van der Waals surface area contributed by atoms with E-state index < -0.39 is 5.91 Å². The lowest BCUT2D eigenvalue weighted by molar-refractivity contribution is 0.0357. The van der Waals surface area contributed by atoms with Gasteiger partial charge in [-0.2, -0.15) is 9.97 Å². The first-order valence-electron chi connectivity index (χ1n) is 13.9. The molecule has 2 aliphatic heterocycles. The number of hydrogen-bond acceptors (Lipinski definition) is 11. The van der Waals surface area contributed by atoms with Gasteiger partial charge in [-0.25, -0.2) is 0 Å². The molecule has 5 rings (SSSR count). The number of amides is 1. The van der Waals surface area contributed by atoms with Gasteiger partial charge in [-0.1, -0.05) is 25.4 Å². The number of rotatable bonds is 11. The average molecular weight is 602 g/mol. The molecule has 1 fully saturated rings. The quantitative estimate of drug-likeness (QED) is 0.289. The Morgan fingerprint density at radius 1 is 1.14 bits per heavy atom. The Bertz CT molecular complexity index is 1410. The normalized spacial score (nSPS) is 16.2. The van der Waals surface area contributed by atoms with E-state index in [-0.39, 0.29) is 40.6 Å². The second-order valence-electron chi connectivity index (χ2n) is 10.6. The molecule has 0 aliphatic carbocycles. The summed E-state index contributed by atoms with van der Waals surface area (Å²) in [6, 6.07) is 6.86. The molecule has 226 valence electrons. The van der Waals surface area contributed by atoms with E-state index in [1.165, 1.54) is 20.3 Å². The third-order valence-corrected chi connectivity index (χ3v) is 7.58. The number of halogens is 1. The Morgan fingerprint density at radius 3 is 2.69 bits per heavy atom. The summed E-state index contributed by atoms with van der Waals surface area (Å²) < 4.78 is 33.6. The molecule has 1 saturated heterocycles. The molecule has 3 aromatic rings. The van der Waals surface area contributed by atoms with Crippen molar-refractivity contribution < 1.29 is 32.9 Å². The van der Waals surface area contributed by atoms with Crippen molar-refractivity contribution in [1.29, 1.82) is 0 Å². The van der Waals surface area contributed by atoms with Crippen LogP contribution in [0.15, 0.2) is 28.7 Å². The molecule has 2 aliphatic rings. The van der Waals surface area contributed by atoms with Crippen molar-refractivity contribution in [2.75, 3.05) is 70.9 Å². The maximum atomic E-state index is 13.2. The van der Waals surface area contributed by atoms with Gasteiger partial charge in [0, 0.05) is 37.9 Å². The van der Waals surface area contributed by atoms with Crippen LogP contribution >= 0.6 is 11.6 Å². The van der Waals surface area contributed by atoms with Crippen molar-refractivity contribution >= 4 is 28.9 Å². The number of nitrogens with one attached hydrogen (secondary N) is 2. The Balaban J connectivity index is 1.28. The smallest absolute Gasteiger partial charge is 0.322 e. The number of carbonyl (C=O) groups excluding carboxylic acids is 1. The first kappa shape index (κ1) is 29.7. The Hall–Kier alpha value is -3.74. The van der Waals surface area contributed by atoms with Crippen molar-refractivity contribution in [3.8, 4) is 29.5 Å². The Labute approximate surface area is 249 Å². The van der Waals surface area contributed by atoms with Gasteiger partial charge in [0.15, 0.2) is 11.4 Å². The summed E-state index contributed by atoms with van der Waals surface area (Å²) >= 11 is 6.51. The monoisotopic (exact) mass is 601 g/mol. The lowest BCUT2D eigenvalue weighted by atomic mass is 9.78. The summed E-state index contributed by atoms with van der Waals surface area (Å²) in [7, 11) is 2.86. The number of morpholine rings is 1. The lowest BCUT2D eigenvalue weighted by Crippen LogP contribution is -2.37. The Kier molecular flexibility index (Phi) is 9.24. The van der Waals surface area contributed by atoms with E-state index in [0.717, 1.165) is 63.5 Å². The number of ether oxygens (including phenoxy) is 5. The summed E-state index contributed by atoms with van der Waals surface area (Å²) in [6.07, 6.45) is 1.73. The van der Waals surface area contributed by atoms with E-state index in [9.17, 15) is 4.79 Å². The highest BCUT2D eigenvalue weighted by molar-refractivity contribution is 6.32. The predicted molar refractivity (Wildman–Crippen MR) is 157 cm³/mol. The molecule has 0 unspecified atom stereocenters. The molecule has 1 aromatic carbocycles. The molecule has 12 nitrogen and oxygen atoms in total. The molecule has 4 heterocycles. The predicted octanol–water partition coefficient (Wildman–Crippen LogP) is 4.98. The molecule has 1 amide bonds. The number of furan rings is 1. The SMILES string of the molecule is COc1nc(OC)c(NC(=O)c2ccc(Oc3cc4c(cc3Cl)NCCC4(C)C)o2)c(OCCCN2CCOCC2)n1.